The molecule has 7 heteroatoms. The van der Waals surface area contributed by atoms with E-state index >= 15 is 0 Å². The molecule has 0 amide bonds. The molecular formula is C80H90IrN2O2S2-2. The van der Waals surface area contributed by atoms with Gasteiger partial charge >= 0.3 is 0 Å². The Balaban J connectivity index is 0.000000168. The van der Waals surface area contributed by atoms with Gasteiger partial charge in [0.05, 0.1) is 5.76 Å². The normalized spacial score (nSPS) is 13.2. The molecule has 4 nitrogen and oxygen atoms in total. The van der Waals surface area contributed by atoms with Crippen LogP contribution in [0.4, 0.5) is 0 Å². The number of aliphatic hydroxyl groups excluding tert-OH is 1. The topological polar surface area (TPSA) is 63.1 Å². The van der Waals surface area contributed by atoms with Gasteiger partial charge in [-0.25, -0.2) is 0 Å². The Bertz CT molecular complexity index is 4270. The number of carbonyl (C=O) groups is 1. The van der Waals surface area contributed by atoms with Crippen LogP contribution in [-0.4, -0.2) is 20.9 Å². The third-order valence-corrected chi connectivity index (χ3v) is 19.4. The summed E-state index contributed by atoms with van der Waals surface area (Å²) in [5.41, 5.74) is 12.3. The molecule has 0 fully saturated rings. The van der Waals surface area contributed by atoms with Crippen LogP contribution in [0.2, 0.25) is 0 Å². The number of fused-ring (bicyclic) bond motifs is 10. The predicted octanol–water partition coefficient (Wildman–Crippen LogP) is 23.5. The van der Waals surface area contributed by atoms with Gasteiger partial charge in [0.25, 0.3) is 0 Å². The Labute approximate surface area is 542 Å². The van der Waals surface area contributed by atoms with E-state index in [0.29, 0.717) is 0 Å². The zero-order valence-electron chi connectivity index (χ0n) is 54.8. The molecule has 0 saturated heterocycles. The van der Waals surface area contributed by atoms with Gasteiger partial charge in [-0.1, -0.05) is 216 Å². The first-order valence-electron chi connectivity index (χ1n) is 31.6. The van der Waals surface area contributed by atoms with Crippen molar-refractivity contribution in [2.45, 2.75) is 189 Å². The van der Waals surface area contributed by atoms with Gasteiger partial charge in [-0.2, -0.15) is 0 Å². The smallest absolute Gasteiger partial charge is 0.162 e. The number of allylic oxidation sites excluding steroid dienone is 2. The van der Waals surface area contributed by atoms with Crippen molar-refractivity contribution in [3.63, 3.8) is 0 Å². The van der Waals surface area contributed by atoms with Crippen molar-refractivity contribution in [2.24, 2.45) is 33.5 Å². The zero-order chi connectivity index (χ0) is 61.8. The molecule has 0 unspecified atom stereocenters. The molecule has 0 spiro atoms. The SMILES string of the molecule is CC(C)(C)Cc1c2c([c-]c3ccccc13)-c1nccc3c1c(cc1c(CC(C)(C)C)cccc13)S2.CCC(CC)C(=O)/C=C(\O)C(CC)CC.Cc1ccc2c(CC(C)(C)C)c3c([c-]c2c1)-c1nccc2c1c(cc1c(CC(C)(C)C)cccc12)S3.[Ir]. The summed E-state index contributed by atoms with van der Waals surface area (Å²) in [5, 5.41) is 25.3. The molecule has 2 aromatic heterocycles. The second kappa shape index (κ2) is 25.9. The maximum Gasteiger partial charge on any atom is 0.162 e. The van der Waals surface area contributed by atoms with Crippen LogP contribution in [0.1, 0.15) is 164 Å². The number of carbonyl (C=O) groups excluding carboxylic acids is 1. The second-order valence-electron chi connectivity index (χ2n) is 29.3. The Hall–Kier alpha value is -5.82. The van der Waals surface area contributed by atoms with Gasteiger partial charge in [-0.3, -0.25) is 14.8 Å². The molecule has 0 aliphatic carbocycles. The summed E-state index contributed by atoms with van der Waals surface area (Å²) < 4.78 is 0. The summed E-state index contributed by atoms with van der Waals surface area (Å²) in [7, 11) is 0. The van der Waals surface area contributed by atoms with E-state index < -0.39 is 0 Å². The van der Waals surface area contributed by atoms with Crippen molar-refractivity contribution in [1.29, 1.82) is 0 Å². The average Bonchev–Trinajstić information content (AvgIpc) is 0.786. The van der Waals surface area contributed by atoms with E-state index in [1.165, 1.54) is 124 Å². The van der Waals surface area contributed by atoms with Crippen LogP contribution in [0.15, 0.2) is 147 Å². The molecule has 2 aliphatic heterocycles. The van der Waals surface area contributed by atoms with Crippen molar-refractivity contribution in [1.82, 2.24) is 9.97 Å². The second-order valence-corrected chi connectivity index (χ2v) is 31.4. The van der Waals surface area contributed by atoms with Crippen molar-refractivity contribution >= 4 is 93.9 Å². The van der Waals surface area contributed by atoms with Crippen molar-refractivity contribution in [3.8, 4) is 22.5 Å². The first-order valence-corrected chi connectivity index (χ1v) is 33.2. The molecule has 0 saturated carbocycles. The summed E-state index contributed by atoms with van der Waals surface area (Å²) in [6.07, 6.45) is 13.0. The van der Waals surface area contributed by atoms with Crippen molar-refractivity contribution in [2.75, 3.05) is 0 Å². The van der Waals surface area contributed by atoms with Crippen molar-refractivity contribution < 1.29 is 30.0 Å². The summed E-state index contributed by atoms with van der Waals surface area (Å²) in [4.78, 5) is 27.0. The maximum atomic E-state index is 11.7. The molecule has 0 bridgehead atoms. The van der Waals surface area contributed by atoms with E-state index in [-0.39, 0.29) is 65.1 Å². The largest absolute Gasteiger partial charge is 0.512 e. The number of ketones is 1. The number of nitrogens with zero attached hydrogens (tertiary/aromatic N) is 2. The van der Waals surface area contributed by atoms with E-state index in [2.05, 4.69) is 205 Å². The molecule has 10 aromatic rings. The van der Waals surface area contributed by atoms with E-state index in [1.807, 2.05) is 63.6 Å². The molecule has 12 rings (SSSR count). The molecule has 8 aromatic carbocycles. The number of pyridine rings is 2. The standard InChI is InChI=1S/C34H34NS.C33H32NS.C13H24O2.Ir/c1-20-11-12-23-22(15-20)16-27-31-30-25(13-14-35-31)24-10-8-9-21(18-33(2,3)4)26(24)17-29(30)36-32(27)28(23)19-34(5,6)7;1-32(2,3)18-21-11-9-13-23-24-14-15-34-30-26-16-20-10-7-8-12-22(20)27(19-33(4,5)6)31(26)35-28(29(24)30)17-25(21)23;1-5-10(6-2)12(14)9-13(15)11(7-3)8-4;/h8-15,17H,18-19H2,1-7H3;7-15,17H,18-19H2,1-6H3;9-11,14H,5-8H2,1-4H3;/q2*-1;;/b;;12-9-;. The predicted molar refractivity (Wildman–Crippen MR) is 372 cm³/mol. The van der Waals surface area contributed by atoms with Gasteiger partial charge in [0.2, 0.25) is 0 Å². The Morgan fingerprint density at radius 1 is 0.494 bits per heavy atom. The fraction of sp³-hybridized carbons (Fsp3) is 0.388. The van der Waals surface area contributed by atoms with E-state index in [9.17, 15) is 9.90 Å². The number of aromatic nitrogens is 2. The summed E-state index contributed by atoms with van der Waals surface area (Å²) in [5.74, 6) is 0.547. The van der Waals surface area contributed by atoms with Crippen LogP contribution in [0.3, 0.4) is 0 Å². The van der Waals surface area contributed by atoms with Crippen LogP contribution in [0.5, 0.6) is 0 Å². The Morgan fingerprint density at radius 3 is 1.37 bits per heavy atom. The van der Waals surface area contributed by atoms with Gasteiger partial charge in [0, 0.05) is 71.6 Å². The molecular weight excluding hydrogens is 1280 g/mol. The van der Waals surface area contributed by atoms with Crippen LogP contribution in [0, 0.1) is 52.6 Å². The summed E-state index contributed by atoms with van der Waals surface area (Å²) in [6, 6.07) is 46.1. The number of hydrogen-bond donors (Lipinski definition) is 1. The maximum absolute atomic E-state index is 11.7. The molecule has 87 heavy (non-hydrogen) atoms. The average molecular weight is 1370 g/mol. The fourth-order valence-corrected chi connectivity index (χ4v) is 15.6. The van der Waals surface area contributed by atoms with Crippen LogP contribution in [-0.2, 0) is 50.6 Å². The summed E-state index contributed by atoms with van der Waals surface area (Å²) in [6.45, 7) is 38.2. The van der Waals surface area contributed by atoms with Gasteiger partial charge < -0.3 is 5.11 Å². The van der Waals surface area contributed by atoms with Crippen LogP contribution < -0.4 is 0 Å². The minimum absolute atomic E-state index is 0. The van der Waals surface area contributed by atoms with Crippen LogP contribution in [0.25, 0.3) is 87.1 Å². The fourth-order valence-electron chi connectivity index (χ4n) is 13.1. The molecule has 1 radical (unpaired) electrons. The van der Waals surface area contributed by atoms with E-state index in [0.717, 1.165) is 68.3 Å². The van der Waals surface area contributed by atoms with E-state index in [1.54, 1.807) is 0 Å². The minimum atomic E-state index is 0. The van der Waals surface area contributed by atoms with E-state index in [4.69, 9.17) is 9.97 Å². The molecule has 455 valence electrons. The van der Waals surface area contributed by atoms with Crippen LogP contribution >= 0.6 is 23.5 Å². The summed E-state index contributed by atoms with van der Waals surface area (Å²) >= 11 is 3.86. The minimum Gasteiger partial charge on any atom is -0.512 e. The van der Waals surface area contributed by atoms with Gasteiger partial charge in [0.15, 0.2) is 5.78 Å². The molecule has 1 N–H and O–H groups in total. The quantitative estimate of drug-likeness (QED) is 0.0603. The molecule has 2 aliphatic rings. The van der Waals surface area contributed by atoms with Gasteiger partial charge in [-0.05, 0) is 168 Å². The number of hydrogen-bond acceptors (Lipinski definition) is 6. The number of aliphatic hydroxyl groups is 1. The zero-order valence-corrected chi connectivity index (χ0v) is 58.8. The first-order chi connectivity index (χ1) is 40.7. The van der Waals surface area contributed by atoms with Gasteiger partial charge in [-0.15, -0.1) is 58.6 Å². The monoisotopic (exact) mass is 1370 g/mol. The first kappa shape index (κ1) is 65.6. The third kappa shape index (κ3) is 14.1. The molecule has 4 heterocycles. The molecule has 0 atom stereocenters. The Morgan fingerprint density at radius 2 is 0.920 bits per heavy atom. The van der Waals surface area contributed by atoms with Gasteiger partial charge in [0.1, 0.15) is 0 Å². The number of benzene rings is 8. The number of rotatable bonds is 11. The Kier molecular flexibility index (Phi) is 19.6. The van der Waals surface area contributed by atoms with Crippen molar-refractivity contribution in [3.05, 3.63) is 167 Å². The third-order valence-electron chi connectivity index (χ3n) is 17.0. The number of aryl methyl sites for hydroxylation is 1.